The number of ketones is 1. The van der Waals surface area contributed by atoms with Gasteiger partial charge >= 0.3 is 0 Å². The van der Waals surface area contributed by atoms with Gasteiger partial charge in [0.25, 0.3) is 0 Å². The van der Waals surface area contributed by atoms with Crippen molar-refractivity contribution >= 4 is 23.3 Å². The lowest BCUT2D eigenvalue weighted by Gasteiger charge is -2.15. The lowest BCUT2D eigenvalue weighted by atomic mass is 9.89. The Hall–Kier alpha value is -2.99. The van der Waals surface area contributed by atoms with E-state index in [1.165, 1.54) is 5.69 Å². The number of aromatic nitrogens is 3. The molecule has 1 aliphatic rings. The highest BCUT2D eigenvalue weighted by Crippen LogP contribution is 2.39. The second-order valence-corrected chi connectivity index (χ2v) is 9.74. The Morgan fingerprint density at radius 3 is 2.75 bits per heavy atom. The van der Waals surface area contributed by atoms with E-state index in [4.69, 9.17) is 17.3 Å². The number of nitrogens with zero attached hydrogens (tertiary/aromatic N) is 3. The minimum absolute atomic E-state index is 0.0816. The van der Waals surface area contributed by atoms with E-state index in [0.717, 1.165) is 35.3 Å². The maximum absolute atomic E-state index is 12.8. The maximum atomic E-state index is 12.8. The van der Waals surface area contributed by atoms with Crippen molar-refractivity contribution in [2.75, 3.05) is 0 Å². The molecule has 0 saturated carbocycles. The molecule has 0 bridgehead atoms. The summed E-state index contributed by atoms with van der Waals surface area (Å²) in [6.45, 7) is 7.20. The highest BCUT2D eigenvalue weighted by atomic mass is 35.5. The standard InChI is InChI=1S/C25H27ClN4O2/c1-15(16-5-4-6-17(9-16)24(27)32)23(31)8-7-18-10-19(21(26)13-28-18)20-12-29-30-14-25(2,3)11-22(20)30/h4-6,9-10,12-13,15H,7-8,11,14H2,1-3H3,(H2,27,32)/t15-/m1/s1. The fourth-order valence-corrected chi connectivity index (χ4v) is 4.52. The van der Waals surface area contributed by atoms with E-state index in [0.29, 0.717) is 23.4 Å². The second kappa shape index (κ2) is 8.51. The topological polar surface area (TPSA) is 90.9 Å². The van der Waals surface area contributed by atoms with Crippen molar-refractivity contribution in [2.45, 2.75) is 52.5 Å². The number of amides is 1. The van der Waals surface area contributed by atoms with Crippen LogP contribution < -0.4 is 5.73 Å². The summed E-state index contributed by atoms with van der Waals surface area (Å²) >= 11 is 6.49. The summed E-state index contributed by atoms with van der Waals surface area (Å²) in [4.78, 5) is 28.7. The molecule has 0 radical (unpaired) electrons. The Labute approximate surface area is 192 Å². The number of rotatable bonds is 7. The lowest BCUT2D eigenvalue weighted by Crippen LogP contribution is -2.14. The van der Waals surface area contributed by atoms with Crippen LogP contribution in [0.25, 0.3) is 11.1 Å². The summed E-state index contributed by atoms with van der Waals surface area (Å²) in [6.07, 6.45) is 5.32. The molecule has 166 valence electrons. The van der Waals surface area contributed by atoms with Gasteiger partial charge in [0.15, 0.2) is 0 Å². The number of carbonyl (C=O) groups excluding carboxylic acids is 2. The number of Topliss-reactive ketones (excluding diaryl/α,β-unsaturated/α-hetero) is 1. The zero-order valence-corrected chi connectivity index (χ0v) is 19.3. The molecule has 3 heterocycles. The molecule has 6 nitrogen and oxygen atoms in total. The number of primary amides is 1. The highest BCUT2D eigenvalue weighted by Gasteiger charge is 2.32. The van der Waals surface area contributed by atoms with Gasteiger partial charge in [-0.3, -0.25) is 19.3 Å². The molecule has 0 saturated heterocycles. The van der Waals surface area contributed by atoms with Gasteiger partial charge in [0.1, 0.15) is 5.78 Å². The molecule has 32 heavy (non-hydrogen) atoms. The largest absolute Gasteiger partial charge is 0.366 e. The molecule has 0 fully saturated rings. The van der Waals surface area contributed by atoms with Gasteiger partial charge in [0, 0.05) is 53.2 Å². The third-order valence-corrected chi connectivity index (χ3v) is 6.46. The molecule has 7 heteroatoms. The van der Waals surface area contributed by atoms with Crippen LogP contribution >= 0.6 is 11.6 Å². The number of benzene rings is 1. The zero-order valence-electron chi connectivity index (χ0n) is 18.6. The summed E-state index contributed by atoms with van der Waals surface area (Å²) in [5.41, 5.74) is 10.7. The summed E-state index contributed by atoms with van der Waals surface area (Å²) < 4.78 is 2.05. The van der Waals surface area contributed by atoms with Gasteiger partial charge in [-0.15, -0.1) is 0 Å². The highest BCUT2D eigenvalue weighted by molar-refractivity contribution is 6.33. The summed E-state index contributed by atoms with van der Waals surface area (Å²) in [7, 11) is 0. The number of pyridine rings is 1. The Bertz CT molecular complexity index is 1200. The number of hydrogen-bond donors (Lipinski definition) is 1. The van der Waals surface area contributed by atoms with E-state index in [1.807, 2.05) is 25.3 Å². The van der Waals surface area contributed by atoms with E-state index in [2.05, 4.69) is 28.6 Å². The van der Waals surface area contributed by atoms with Crippen molar-refractivity contribution in [3.8, 4) is 11.1 Å². The van der Waals surface area contributed by atoms with Gasteiger partial charge in [0.05, 0.1) is 11.2 Å². The number of aryl methyl sites for hydroxylation is 1. The number of carbonyl (C=O) groups is 2. The van der Waals surface area contributed by atoms with Crippen molar-refractivity contribution < 1.29 is 9.59 Å². The van der Waals surface area contributed by atoms with E-state index < -0.39 is 5.91 Å². The molecule has 1 aromatic carbocycles. The minimum Gasteiger partial charge on any atom is -0.366 e. The number of nitrogens with two attached hydrogens (primary N) is 1. The third kappa shape index (κ3) is 4.46. The van der Waals surface area contributed by atoms with Gasteiger partial charge in [-0.2, -0.15) is 5.10 Å². The lowest BCUT2D eigenvalue weighted by molar-refractivity contribution is -0.120. The van der Waals surface area contributed by atoms with Crippen molar-refractivity contribution in [3.63, 3.8) is 0 Å². The van der Waals surface area contributed by atoms with Crippen LogP contribution in [-0.4, -0.2) is 26.5 Å². The average Bonchev–Trinajstić information content (AvgIpc) is 3.27. The van der Waals surface area contributed by atoms with Crippen LogP contribution in [0, 0.1) is 5.41 Å². The van der Waals surface area contributed by atoms with Crippen molar-refractivity contribution in [3.05, 3.63) is 70.3 Å². The van der Waals surface area contributed by atoms with Crippen LogP contribution in [0.5, 0.6) is 0 Å². The molecule has 1 amide bonds. The van der Waals surface area contributed by atoms with Crippen LogP contribution in [-0.2, 0) is 24.2 Å². The molecular formula is C25H27ClN4O2. The monoisotopic (exact) mass is 450 g/mol. The van der Waals surface area contributed by atoms with E-state index in [1.54, 1.807) is 24.4 Å². The minimum atomic E-state index is -0.501. The van der Waals surface area contributed by atoms with Gasteiger partial charge in [-0.05, 0) is 42.0 Å². The molecule has 0 aliphatic carbocycles. The van der Waals surface area contributed by atoms with Crippen molar-refractivity contribution in [2.24, 2.45) is 11.1 Å². The quantitative estimate of drug-likeness (QED) is 0.570. The zero-order chi connectivity index (χ0) is 23.0. The first-order chi connectivity index (χ1) is 15.1. The molecule has 4 rings (SSSR count). The average molecular weight is 451 g/mol. The first-order valence-electron chi connectivity index (χ1n) is 10.8. The molecule has 1 aliphatic heterocycles. The van der Waals surface area contributed by atoms with Crippen LogP contribution in [0.4, 0.5) is 0 Å². The Kier molecular flexibility index (Phi) is 5.91. The summed E-state index contributed by atoms with van der Waals surface area (Å²) in [6, 6.07) is 8.90. The first-order valence-corrected chi connectivity index (χ1v) is 11.1. The number of fused-ring (bicyclic) bond motifs is 1. The van der Waals surface area contributed by atoms with Crippen molar-refractivity contribution in [1.82, 2.24) is 14.8 Å². The van der Waals surface area contributed by atoms with Gasteiger partial charge < -0.3 is 5.73 Å². The Morgan fingerprint density at radius 1 is 1.22 bits per heavy atom. The Morgan fingerprint density at radius 2 is 2.00 bits per heavy atom. The molecule has 0 unspecified atom stereocenters. The maximum Gasteiger partial charge on any atom is 0.248 e. The predicted molar refractivity (Wildman–Crippen MR) is 125 cm³/mol. The van der Waals surface area contributed by atoms with Gasteiger partial charge in [0.2, 0.25) is 5.91 Å². The smallest absolute Gasteiger partial charge is 0.248 e. The Balaban J connectivity index is 1.49. The second-order valence-electron chi connectivity index (χ2n) is 9.34. The van der Waals surface area contributed by atoms with Crippen LogP contribution in [0.1, 0.15) is 60.4 Å². The summed E-state index contributed by atoms with van der Waals surface area (Å²) in [5, 5.41) is 5.12. The van der Waals surface area contributed by atoms with E-state index in [-0.39, 0.29) is 17.1 Å². The predicted octanol–water partition coefficient (Wildman–Crippen LogP) is 4.59. The molecule has 2 aromatic heterocycles. The van der Waals surface area contributed by atoms with Crippen LogP contribution in [0.15, 0.2) is 42.7 Å². The number of halogens is 1. The van der Waals surface area contributed by atoms with Crippen LogP contribution in [0.3, 0.4) is 0 Å². The molecular weight excluding hydrogens is 424 g/mol. The SMILES string of the molecule is C[C@@H](C(=O)CCc1cc(-c2cnn3c2CC(C)(C)C3)c(Cl)cn1)c1cccc(C(N)=O)c1. The third-order valence-electron chi connectivity index (χ3n) is 6.16. The molecule has 0 spiro atoms. The van der Waals surface area contributed by atoms with Crippen molar-refractivity contribution in [1.29, 1.82) is 0 Å². The fraction of sp³-hybridized carbons (Fsp3) is 0.360. The number of hydrogen-bond acceptors (Lipinski definition) is 4. The van der Waals surface area contributed by atoms with Crippen LogP contribution in [0.2, 0.25) is 5.02 Å². The molecule has 1 atom stereocenters. The van der Waals surface area contributed by atoms with E-state index in [9.17, 15) is 9.59 Å². The fourth-order valence-electron chi connectivity index (χ4n) is 4.31. The summed E-state index contributed by atoms with van der Waals surface area (Å²) in [5.74, 6) is -0.750. The molecule has 3 aromatic rings. The molecule has 2 N–H and O–H groups in total. The van der Waals surface area contributed by atoms with Gasteiger partial charge in [-0.1, -0.05) is 44.5 Å². The van der Waals surface area contributed by atoms with Gasteiger partial charge in [-0.25, -0.2) is 0 Å². The normalized spacial score (nSPS) is 15.4. The van der Waals surface area contributed by atoms with E-state index >= 15 is 0 Å². The first kappa shape index (κ1) is 22.2.